The molecule has 0 radical (unpaired) electrons. The Kier molecular flexibility index (Phi) is 6.98. The third kappa shape index (κ3) is 5.13. The van der Waals surface area contributed by atoms with Gasteiger partial charge in [0.15, 0.2) is 0 Å². The van der Waals surface area contributed by atoms with E-state index >= 15 is 0 Å². The molecule has 0 saturated heterocycles. The van der Waals surface area contributed by atoms with Crippen molar-refractivity contribution >= 4 is 29.4 Å². The Morgan fingerprint density at radius 2 is 1.62 bits per heavy atom. The fourth-order valence-corrected chi connectivity index (χ4v) is 4.43. The summed E-state index contributed by atoms with van der Waals surface area (Å²) in [5.41, 5.74) is 4.11. The van der Waals surface area contributed by atoms with Crippen molar-refractivity contribution in [3.05, 3.63) is 106 Å². The molecule has 2 amide bonds. The average Bonchev–Trinajstić information content (AvgIpc) is 2.83. The quantitative estimate of drug-likeness (QED) is 0.574. The SMILES string of the molecule is Cc1ccc(C(=O)N2Cc3ccccc3C[C@H]2C(=O)N(CC(=O)O)Cc2ccccc2Cl)cc1. The second-order valence-corrected chi connectivity index (χ2v) is 8.87. The molecule has 6 nitrogen and oxygen atoms in total. The van der Waals surface area contributed by atoms with Crippen LogP contribution in [0, 0.1) is 6.92 Å². The first-order valence-corrected chi connectivity index (χ1v) is 11.4. The van der Waals surface area contributed by atoms with Gasteiger partial charge in [0.05, 0.1) is 0 Å². The number of hydrogen-bond acceptors (Lipinski definition) is 3. The highest BCUT2D eigenvalue weighted by Gasteiger charge is 2.37. The molecule has 1 heterocycles. The van der Waals surface area contributed by atoms with Crippen molar-refractivity contribution in [1.29, 1.82) is 0 Å². The Bertz CT molecular complexity index is 1230. The molecule has 0 saturated carbocycles. The number of aryl methyl sites for hydroxylation is 1. The number of nitrogens with zero attached hydrogens (tertiary/aromatic N) is 2. The molecule has 1 atom stereocenters. The van der Waals surface area contributed by atoms with Crippen molar-refractivity contribution in [3.63, 3.8) is 0 Å². The van der Waals surface area contributed by atoms with Gasteiger partial charge < -0.3 is 14.9 Å². The molecule has 3 aromatic rings. The summed E-state index contributed by atoms with van der Waals surface area (Å²) >= 11 is 6.28. The number of rotatable bonds is 6. The van der Waals surface area contributed by atoms with Crippen molar-refractivity contribution in [2.45, 2.75) is 32.5 Å². The van der Waals surface area contributed by atoms with Gasteiger partial charge in [0.2, 0.25) is 5.91 Å². The number of hydrogen-bond donors (Lipinski definition) is 1. The van der Waals surface area contributed by atoms with E-state index in [1.165, 1.54) is 4.90 Å². The topological polar surface area (TPSA) is 77.9 Å². The van der Waals surface area contributed by atoms with Crippen molar-refractivity contribution in [3.8, 4) is 0 Å². The summed E-state index contributed by atoms with van der Waals surface area (Å²) in [6, 6.07) is 21.1. The third-order valence-corrected chi connectivity index (χ3v) is 6.42. The molecule has 0 bridgehead atoms. The lowest BCUT2D eigenvalue weighted by atomic mass is 9.92. The monoisotopic (exact) mass is 476 g/mol. The normalized spacial score (nSPS) is 14.9. The molecule has 4 rings (SSSR count). The van der Waals surface area contributed by atoms with Crippen molar-refractivity contribution in [2.75, 3.05) is 6.54 Å². The van der Waals surface area contributed by atoms with Gasteiger partial charge in [0.1, 0.15) is 12.6 Å². The number of carboxylic acids is 1. The second kappa shape index (κ2) is 10.1. The fourth-order valence-electron chi connectivity index (χ4n) is 4.24. The van der Waals surface area contributed by atoms with Gasteiger partial charge in [-0.25, -0.2) is 0 Å². The third-order valence-electron chi connectivity index (χ3n) is 6.05. The van der Waals surface area contributed by atoms with Crippen LogP contribution in [0.25, 0.3) is 0 Å². The first-order chi connectivity index (χ1) is 16.3. The van der Waals surface area contributed by atoms with Crippen LogP contribution in [0.5, 0.6) is 0 Å². The van der Waals surface area contributed by atoms with Gasteiger partial charge in [0.25, 0.3) is 5.91 Å². The summed E-state index contributed by atoms with van der Waals surface area (Å²) in [5, 5.41) is 9.96. The minimum atomic E-state index is -1.13. The lowest BCUT2D eigenvalue weighted by Gasteiger charge is -2.38. The molecular formula is C27H25ClN2O4. The van der Waals surface area contributed by atoms with E-state index in [-0.39, 0.29) is 19.0 Å². The molecule has 174 valence electrons. The molecule has 0 aromatic heterocycles. The molecule has 1 N–H and O–H groups in total. The van der Waals surface area contributed by atoms with E-state index in [9.17, 15) is 19.5 Å². The van der Waals surface area contributed by atoms with Crippen molar-refractivity contribution in [2.24, 2.45) is 0 Å². The van der Waals surface area contributed by atoms with E-state index < -0.39 is 24.5 Å². The van der Waals surface area contributed by atoms with E-state index in [0.29, 0.717) is 22.6 Å². The summed E-state index contributed by atoms with van der Waals surface area (Å²) in [6.45, 7) is 1.76. The Morgan fingerprint density at radius 3 is 2.29 bits per heavy atom. The summed E-state index contributed by atoms with van der Waals surface area (Å²) in [5.74, 6) is -1.81. The van der Waals surface area contributed by atoms with Gasteiger partial charge in [-0.15, -0.1) is 0 Å². The van der Waals surface area contributed by atoms with E-state index in [0.717, 1.165) is 16.7 Å². The largest absolute Gasteiger partial charge is 0.480 e. The number of carboxylic acid groups (broad SMARTS) is 1. The van der Waals surface area contributed by atoms with Crippen molar-refractivity contribution in [1.82, 2.24) is 9.80 Å². The van der Waals surface area contributed by atoms with Crippen LogP contribution < -0.4 is 0 Å². The smallest absolute Gasteiger partial charge is 0.323 e. The minimum absolute atomic E-state index is 0.0372. The van der Waals surface area contributed by atoms with Crippen LogP contribution in [0.15, 0.2) is 72.8 Å². The molecule has 34 heavy (non-hydrogen) atoms. The van der Waals surface area contributed by atoms with E-state index in [2.05, 4.69) is 0 Å². The highest BCUT2D eigenvalue weighted by atomic mass is 35.5. The zero-order chi connectivity index (χ0) is 24.2. The molecule has 0 spiro atoms. The molecule has 1 aliphatic heterocycles. The molecule has 0 fully saturated rings. The number of amides is 2. The fraction of sp³-hybridized carbons (Fsp3) is 0.222. The second-order valence-electron chi connectivity index (χ2n) is 8.47. The van der Waals surface area contributed by atoms with Crippen LogP contribution in [0.3, 0.4) is 0 Å². The van der Waals surface area contributed by atoms with Gasteiger partial charge in [-0.05, 0) is 41.8 Å². The maximum Gasteiger partial charge on any atom is 0.323 e. The van der Waals surface area contributed by atoms with Crippen LogP contribution in [-0.4, -0.2) is 45.3 Å². The highest BCUT2D eigenvalue weighted by molar-refractivity contribution is 6.31. The molecule has 0 aliphatic carbocycles. The van der Waals surface area contributed by atoms with Crippen LogP contribution in [0.2, 0.25) is 5.02 Å². The summed E-state index contributed by atoms with van der Waals surface area (Å²) in [7, 11) is 0. The maximum absolute atomic E-state index is 13.8. The van der Waals surface area contributed by atoms with Crippen LogP contribution in [0.1, 0.15) is 32.6 Å². The molecular weight excluding hydrogens is 452 g/mol. The van der Waals surface area contributed by atoms with E-state index in [1.807, 2.05) is 43.3 Å². The number of benzene rings is 3. The van der Waals surface area contributed by atoms with Crippen LogP contribution in [0.4, 0.5) is 0 Å². The Hall–Kier alpha value is -3.64. The minimum Gasteiger partial charge on any atom is -0.480 e. The molecule has 1 aliphatic rings. The number of fused-ring (bicyclic) bond motifs is 1. The molecule has 3 aromatic carbocycles. The van der Waals surface area contributed by atoms with E-state index in [1.54, 1.807) is 41.3 Å². The summed E-state index contributed by atoms with van der Waals surface area (Å²) in [4.78, 5) is 41.7. The van der Waals surface area contributed by atoms with Gasteiger partial charge in [-0.1, -0.05) is 71.8 Å². The van der Waals surface area contributed by atoms with Gasteiger partial charge in [-0.3, -0.25) is 14.4 Å². The Morgan fingerprint density at radius 1 is 0.971 bits per heavy atom. The van der Waals surface area contributed by atoms with Gasteiger partial charge in [-0.2, -0.15) is 0 Å². The van der Waals surface area contributed by atoms with Crippen LogP contribution >= 0.6 is 11.6 Å². The standard InChI is InChI=1S/C27H25ClN2O4/c1-18-10-12-19(13-11-18)26(33)30-16-21-7-3-2-6-20(21)14-24(30)27(34)29(17-25(31)32)15-22-8-4-5-9-23(22)28/h2-13,24H,14-17H2,1H3,(H,31,32)/t24-/m0/s1. The first kappa shape index (κ1) is 23.5. The van der Waals surface area contributed by atoms with Gasteiger partial charge in [0, 0.05) is 30.1 Å². The number of carbonyl (C=O) groups is 3. The lowest BCUT2D eigenvalue weighted by molar-refractivity contribution is -0.147. The average molecular weight is 477 g/mol. The Balaban J connectivity index is 1.69. The predicted octanol–water partition coefficient (Wildman–Crippen LogP) is 4.33. The van der Waals surface area contributed by atoms with E-state index in [4.69, 9.17) is 11.6 Å². The van der Waals surface area contributed by atoms with Crippen molar-refractivity contribution < 1.29 is 19.5 Å². The zero-order valence-electron chi connectivity index (χ0n) is 18.8. The zero-order valence-corrected chi connectivity index (χ0v) is 19.5. The summed E-state index contributed by atoms with van der Waals surface area (Å²) in [6.07, 6.45) is 0.311. The lowest BCUT2D eigenvalue weighted by Crippen LogP contribution is -2.54. The summed E-state index contributed by atoms with van der Waals surface area (Å²) < 4.78 is 0. The highest BCUT2D eigenvalue weighted by Crippen LogP contribution is 2.27. The number of halogens is 1. The molecule has 7 heteroatoms. The number of carbonyl (C=O) groups excluding carboxylic acids is 2. The van der Waals surface area contributed by atoms with Crippen LogP contribution in [-0.2, 0) is 29.1 Å². The number of aliphatic carboxylic acids is 1. The first-order valence-electron chi connectivity index (χ1n) is 11.0. The maximum atomic E-state index is 13.8. The Labute approximate surface area is 203 Å². The molecule has 0 unspecified atom stereocenters. The predicted molar refractivity (Wildman–Crippen MR) is 129 cm³/mol. The van der Waals surface area contributed by atoms with Gasteiger partial charge >= 0.3 is 5.97 Å².